The summed E-state index contributed by atoms with van der Waals surface area (Å²) in [6.45, 7) is 2.68. The van der Waals surface area contributed by atoms with Crippen LogP contribution in [0.15, 0.2) is 35.3 Å². The Kier molecular flexibility index (Phi) is 5.87. The molecule has 1 aromatic carbocycles. The summed E-state index contributed by atoms with van der Waals surface area (Å²) >= 11 is 0. The summed E-state index contributed by atoms with van der Waals surface area (Å²) < 4.78 is 11.0. The van der Waals surface area contributed by atoms with Crippen LogP contribution < -0.4 is 34.5 Å². The number of hydrogen-bond acceptors (Lipinski definition) is 3. The van der Waals surface area contributed by atoms with E-state index in [-0.39, 0.29) is 35.0 Å². The first kappa shape index (κ1) is 14.1. The molecule has 1 unspecified atom stereocenters. The van der Waals surface area contributed by atoms with Gasteiger partial charge in [0.25, 0.3) is 0 Å². The van der Waals surface area contributed by atoms with Crippen molar-refractivity contribution in [2.75, 3.05) is 6.66 Å². The molecule has 0 heterocycles. The van der Waals surface area contributed by atoms with E-state index >= 15 is 0 Å². The zero-order chi connectivity index (χ0) is 9.90. The van der Waals surface area contributed by atoms with E-state index in [9.17, 15) is 9.46 Å². The summed E-state index contributed by atoms with van der Waals surface area (Å²) in [6, 6.07) is 9.02. The van der Waals surface area contributed by atoms with Gasteiger partial charge in [-0.05, 0) is 25.7 Å². The smallest absolute Gasteiger partial charge is 0.795 e. The predicted molar refractivity (Wildman–Crippen MR) is 52.7 cm³/mol. The Bertz CT molecular complexity index is 358. The van der Waals surface area contributed by atoms with Gasteiger partial charge in [-0.1, -0.05) is 18.2 Å². The molecular weight excluding hydrogens is 208 g/mol. The zero-order valence-corrected chi connectivity index (χ0v) is 11.5. The third-order valence-electron chi connectivity index (χ3n) is 1.63. The van der Waals surface area contributed by atoms with E-state index in [1.165, 1.54) is 13.6 Å². The SMILES string of the molecule is C/C(=N\c1ccccc1)P(C)(=O)[O-].[Na+]. The first-order chi connectivity index (χ1) is 6.00. The molecular formula is C9H11NNaO2P. The summed E-state index contributed by atoms with van der Waals surface area (Å²) in [5, 5.41) is 0. The third kappa shape index (κ3) is 4.54. The Morgan fingerprint density at radius 3 is 2.29 bits per heavy atom. The number of nitrogens with zero attached hydrogens (tertiary/aromatic N) is 1. The van der Waals surface area contributed by atoms with Crippen molar-refractivity contribution in [3.8, 4) is 0 Å². The van der Waals surface area contributed by atoms with Gasteiger partial charge in [0.1, 0.15) is 0 Å². The minimum atomic E-state index is -3.42. The fourth-order valence-electron chi connectivity index (χ4n) is 0.780. The standard InChI is InChI=1S/C9H12NO2P.Na/c1-8(13(2,11)12)10-9-6-4-3-5-7-9;/h3-7H,1-2H3,(H,11,12);/q;+1/p-1/b10-8+;. The Balaban J connectivity index is 0.00000169. The summed E-state index contributed by atoms with van der Waals surface area (Å²) in [7, 11) is -3.42. The Morgan fingerprint density at radius 1 is 1.36 bits per heavy atom. The van der Waals surface area contributed by atoms with Gasteiger partial charge >= 0.3 is 29.6 Å². The molecule has 0 aliphatic heterocycles. The molecule has 0 amide bonds. The third-order valence-corrected chi connectivity index (χ3v) is 2.91. The van der Waals surface area contributed by atoms with Gasteiger partial charge in [-0.15, -0.1) is 0 Å². The van der Waals surface area contributed by atoms with Gasteiger partial charge in [-0.2, -0.15) is 0 Å². The molecule has 14 heavy (non-hydrogen) atoms. The van der Waals surface area contributed by atoms with E-state index in [2.05, 4.69) is 4.99 Å². The van der Waals surface area contributed by atoms with Crippen LogP contribution in [0, 0.1) is 0 Å². The van der Waals surface area contributed by atoms with E-state index in [4.69, 9.17) is 0 Å². The van der Waals surface area contributed by atoms with Crippen molar-refractivity contribution >= 4 is 18.5 Å². The minimum Gasteiger partial charge on any atom is -0.795 e. The average Bonchev–Trinajstić information content (AvgIpc) is 2.04. The molecule has 0 radical (unpaired) electrons. The van der Waals surface area contributed by atoms with E-state index in [0.717, 1.165) is 0 Å². The number of aliphatic imine (C=N–C) groups is 1. The average molecular weight is 219 g/mol. The molecule has 1 atom stereocenters. The molecule has 0 spiro atoms. The molecule has 0 aliphatic rings. The fraction of sp³-hybridized carbons (Fsp3) is 0.222. The van der Waals surface area contributed by atoms with Crippen LogP contribution in [0.25, 0.3) is 0 Å². The van der Waals surface area contributed by atoms with Gasteiger partial charge in [-0.25, -0.2) is 0 Å². The first-order valence-corrected chi connectivity index (χ1v) is 5.97. The second kappa shape index (κ2) is 5.84. The Morgan fingerprint density at radius 2 is 1.86 bits per heavy atom. The second-order valence-corrected chi connectivity index (χ2v) is 5.18. The van der Waals surface area contributed by atoms with Gasteiger partial charge in [-0.3, -0.25) is 4.99 Å². The first-order valence-electron chi connectivity index (χ1n) is 3.89. The molecule has 0 saturated heterocycles. The van der Waals surface area contributed by atoms with E-state index in [1.807, 2.05) is 18.2 Å². The van der Waals surface area contributed by atoms with Crippen LogP contribution in [0.1, 0.15) is 6.92 Å². The number of benzene rings is 1. The normalized spacial score (nSPS) is 15.5. The molecule has 0 N–H and O–H groups in total. The van der Waals surface area contributed by atoms with Crippen LogP contribution in [0.2, 0.25) is 0 Å². The molecule has 5 heteroatoms. The molecule has 70 valence electrons. The maximum Gasteiger partial charge on any atom is 1.00 e. The van der Waals surface area contributed by atoms with Crippen molar-refractivity contribution in [1.29, 1.82) is 0 Å². The van der Waals surface area contributed by atoms with Crippen LogP contribution in [-0.4, -0.2) is 12.1 Å². The predicted octanol–water partition coefficient (Wildman–Crippen LogP) is -0.991. The van der Waals surface area contributed by atoms with Gasteiger partial charge in [0.2, 0.25) is 0 Å². The maximum atomic E-state index is 11.0. The minimum absolute atomic E-state index is 0. The van der Waals surface area contributed by atoms with Crippen molar-refractivity contribution < 1.29 is 39.0 Å². The number of hydrogen-bond donors (Lipinski definition) is 0. The fourth-order valence-corrected chi connectivity index (χ4v) is 1.08. The van der Waals surface area contributed by atoms with Crippen molar-refractivity contribution in [3.63, 3.8) is 0 Å². The molecule has 0 bridgehead atoms. The quantitative estimate of drug-likeness (QED) is 0.364. The molecule has 3 nitrogen and oxygen atoms in total. The Labute approximate surface area is 106 Å². The topological polar surface area (TPSA) is 52.5 Å². The number of para-hydroxylation sites is 1. The number of rotatable bonds is 2. The van der Waals surface area contributed by atoms with E-state index < -0.39 is 7.37 Å². The maximum absolute atomic E-state index is 11.0. The van der Waals surface area contributed by atoms with Crippen molar-refractivity contribution in [3.05, 3.63) is 30.3 Å². The zero-order valence-electron chi connectivity index (χ0n) is 8.60. The van der Waals surface area contributed by atoms with Crippen molar-refractivity contribution in [1.82, 2.24) is 0 Å². The molecule has 0 fully saturated rings. The molecule has 0 saturated carbocycles. The molecule has 0 aromatic heterocycles. The van der Waals surface area contributed by atoms with Crippen LogP contribution in [0.5, 0.6) is 0 Å². The van der Waals surface area contributed by atoms with Crippen molar-refractivity contribution in [2.45, 2.75) is 6.92 Å². The van der Waals surface area contributed by atoms with Gasteiger partial charge in [0.15, 0.2) is 0 Å². The van der Waals surface area contributed by atoms with E-state index in [0.29, 0.717) is 5.69 Å². The van der Waals surface area contributed by atoms with Gasteiger partial charge in [0.05, 0.1) is 18.5 Å². The molecule has 1 rings (SSSR count). The van der Waals surface area contributed by atoms with Crippen LogP contribution in [-0.2, 0) is 4.57 Å². The van der Waals surface area contributed by atoms with Crippen LogP contribution >= 0.6 is 7.37 Å². The molecule has 0 aliphatic carbocycles. The summed E-state index contributed by atoms with van der Waals surface area (Å²) in [5.41, 5.74) is 0.830. The van der Waals surface area contributed by atoms with Crippen LogP contribution in [0.3, 0.4) is 0 Å². The van der Waals surface area contributed by atoms with Crippen molar-refractivity contribution in [2.24, 2.45) is 4.99 Å². The summed E-state index contributed by atoms with van der Waals surface area (Å²) in [4.78, 5) is 15.0. The largest absolute Gasteiger partial charge is 1.00 e. The van der Waals surface area contributed by atoms with Gasteiger partial charge < -0.3 is 9.46 Å². The van der Waals surface area contributed by atoms with E-state index in [1.54, 1.807) is 12.1 Å². The van der Waals surface area contributed by atoms with Gasteiger partial charge in [0, 0.05) is 0 Å². The molecule has 1 aromatic rings. The summed E-state index contributed by atoms with van der Waals surface area (Å²) in [6.07, 6.45) is 0. The summed E-state index contributed by atoms with van der Waals surface area (Å²) in [5.74, 6) is 0. The Hall–Kier alpha value is 0.0800. The monoisotopic (exact) mass is 219 g/mol. The van der Waals surface area contributed by atoms with Crippen LogP contribution in [0.4, 0.5) is 5.69 Å². The second-order valence-electron chi connectivity index (χ2n) is 2.84.